The van der Waals surface area contributed by atoms with Crippen LogP contribution in [0.5, 0.6) is 0 Å². The average molecular weight is 197 g/mol. The van der Waals surface area contributed by atoms with Crippen molar-refractivity contribution in [3.8, 4) is 0 Å². The summed E-state index contributed by atoms with van der Waals surface area (Å²) in [5.41, 5.74) is -0.296. The first-order chi connectivity index (χ1) is 6.37. The van der Waals surface area contributed by atoms with E-state index in [1.165, 1.54) is 6.07 Å². The lowest BCUT2D eigenvalue weighted by Crippen LogP contribution is -2.36. The Balaban J connectivity index is 2.78. The number of rotatable bonds is 2. The van der Waals surface area contributed by atoms with Crippen LogP contribution in [0.2, 0.25) is 0 Å². The van der Waals surface area contributed by atoms with Crippen molar-refractivity contribution >= 4 is 0 Å². The van der Waals surface area contributed by atoms with E-state index in [1.807, 2.05) is 20.8 Å². The van der Waals surface area contributed by atoms with E-state index >= 15 is 0 Å². The Hall–Kier alpha value is -1.36. The van der Waals surface area contributed by atoms with Gasteiger partial charge in [-0.15, -0.1) is 0 Å². The molecule has 1 aromatic heterocycles. The van der Waals surface area contributed by atoms with E-state index in [9.17, 15) is 9.59 Å². The van der Waals surface area contributed by atoms with Crippen LogP contribution in [-0.4, -0.2) is 15.5 Å². The zero-order valence-corrected chi connectivity index (χ0v) is 8.60. The van der Waals surface area contributed by atoms with E-state index in [1.54, 1.807) is 0 Å². The topological polar surface area (TPSA) is 77.8 Å². The number of hydrogen-bond acceptors (Lipinski definition) is 3. The molecular formula is C9H15N3O2. The van der Waals surface area contributed by atoms with Crippen molar-refractivity contribution in [2.75, 3.05) is 0 Å². The van der Waals surface area contributed by atoms with Crippen LogP contribution in [0, 0.1) is 0 Å². The van der Waals surface area contributed by atoms with Gasteiger partial charge in [0.2, 0.25) is 0 Å². The second-order valence-electron chi connectivity index (χ2n) is 4.22. The summed E-state index contributed by atoms with van der Waals surface area (Å²) in [5, 5.41) is 3.17. The molecule has 0 aliphatic carbocycles. The number of aromatic amines is 2. The molecule has 0 aliphatic rings. The van der Waals surface area contributed by atoms with Gasteiger partial charge < -0.3 is 10.3 Å². The van der Waals surface area contributed by atoms with Crippen LogP contribution in [-0.2, 0) is 6.54 Å². The lowest BCUT2D eigenvalue weighted by Gasteiger charge is -2.20. The minimum atomic E-state index is -0.469. The maximum atomic E-state index is 10.9. The summed E-state index contributed by atoms with van der Waals surface area (Å²) in [6.45, 7) is 6.51. The van der Waals surface area contributed by atoms with Gasteiger partial charge in [-0.1, -0.05) is 0 Å². The maximum absolute atomic E-state index is 10.9. The van der Waals surface area contributed by atoms with Crippen LogP contribution in [0.1, 0.15) is 26.5 Å². The molecule has 0 saturated heterocycles. The molecule has 5 heteroatoms. The van der Waals surface area contributed by atoms with Gasteiger partial charge in [-0.05, 0) is 20.8 Å². The highest BCUT2D eigenvalue weighted by atomic mass is 16.2. The summed E-state index contributed by atoms with van der Waals surface area (Å²) >= 11 is 0. The summed E-state index contributed by atoms with van der Waals surface area (Å²) in [6.07, 6.45) is 0. The highest BCUT2D eigenvalue weighted by Crippen LogP contribution is 1.99. The molecule has 0 atom stereocenters. The van der Waals surface area contributed by atoms with Crippen LogP contribution < -0.4 is 16.6 Å². The maximum Gasteiger partial charge on any atom is 0.325 e. The molecule has 3 N–H and O–H groups in total. The fourth-order valence-corrected chi connectivity index (χ4v) is 0.975. The summed E-state index contributed by atoms with van der Waals surface area (Å²) in [7, 11) is 0. The van der Waals surface area contributed by atoms with Gasteiger partial charge in [-0.3, -0.25) is 9.78 Å². The van der Waals surface area contributed by atoms with E-state index in [0.29, 0.717) is 12.2 Å². The predicted molar refractivity (Wildman–Crippen MR) is 54.3 cm³/mol. The molecular weight excluding hydrogens is 182 g/mol. The van der Waals surface area contributed by atoms with Gasteiger partial charge >= 0.3 is 5.69 Å². The fourth-order valence-electron chi connectivity index (χ4n) is 0.975. The molecule has 0 bridgehead atoms. The first-order valence-electron chi connectivity index (χ1n) is 4.44. The molecule has 78 valence electrons. The largest absolute Gasteiger partial charge is 0.325 e. The van der Waals surface area contributed by atoms with Crippen molar-refractivity contribution in [2.24, 2.45) is 0 Å². The molecule has 0 fully saturated rings. The van der Waals surface area contributed by atoms with Crippen molar-refractivity contribution < 1.29 is 0 Å². The van der Waals surface area contributed by atoms with Gasteiger partial charge in [0, 0.05) is 23.8 Å². The average Bonchev–Trinajstić information content (AvgIpc) is 1.97. The summed E-state index contributed by atoms with van der Waals surface area (Å²) < 4.78 is 0. The molecule has 0 amide bonds. The minimum absolute atomic E-state index is 0.0422. The normalized spacial score (nSPS) is 11.6. The third-order valence-electron chi connectivity index (χ3n) is 1.63. The highest BCUT2D eigenvalue weighted by Gasteiger charge is 2.08. The van der Waals surface area contributed by atoms with Crippen LogP contribution in [0.25, 0.3) is 0 Å². The van der Waals surface area contributed by atoms with Crippen molar-refractivity contribution in [3.05, 3.63) is 32.6 Å². The van der Waals surface area contributed by atoms with Crippen molar-refractivity contribution in [1.29, 1.82) is 0 Å². The smallest absolute Gasteiger partial charge is 0.310 e. The number of hydrogen-bond donors (Lipinski definition) is 3. The van der Waals surface area contributed by atoms with Gasteiger partial charge in [-0.2, -0.15) is 0 Å². The van der Waals surface area contributed by atoms with Crippen LogP contribution in [0.3, 0.4) is 0 Å². The number of nitrogens with one attached hydrogen (secondary N) is 3. The summed E-state index contributed by atoms with van der Waals surface area (Å²) in [5.74, 6) is 0. The van der Waals surface area contributed by atoms with Gasteiger partial charge in [0.05, 0.1) is 0 Å². The lowest BCUT2D eigenvalue weighted by atomic mass is 10.1. The molecule has 5 nitrogen and oxygen atoms in total. The van der Waals surface area contributed by atoms with Crippen LogP contribution >= 0.6 is 0 Å². The SMILES string of the molecule is CC(C)(C)NCc1cc(=O)[nH]c(=O)[nH]1. The second-order valence-corrected chi connectivity index (χ2v) is 4.22. The first kappa shape index (κ1) is 10.7. The molecule has 1 heterocycles. The molecule has 0 spiro atoms. The first-order valence-corrected chi connectivity index (χ1v) is 4.44. The fraction of sp³-hybridized carbons (Fsp3) is 0.556. The molecule has 0 aromatic carbocycles. The Labute approximate surface area is 81.6 Å². The number of H-pyrrole nitrogens is 2. The zero-order valence-electron chi connectivity index (χ0n) is 8.60. The second kappa shape index (κ2) is 3.79. The van der Waals surface area contributed by atoms with Crippen LogP contribution in [0.15, 0.2) is 15.7 Å². The molecule has 14 heavy (non-hydrogen) atoms. The summed E-state index contributed by atoms with van der Waals surface area (Å²) in [4.78, 5) is 26.5. The zero-order chi connectivity index (χ0) is 10.8. The Morgan fingerprint density at radius 2 is 1.93 bits per heavy atom. The predicted octanol–water partition coefficient (Wildman–Crippen LogP) is -0.0487. The van der Waals surface area contributed by atoms with Crippen LogP contribution in [0.4, 0.5) is 0 Å². The van der Waals surface area contributed by atoms with Gasteiger partial charge in [0.1, 0.15) is 0 Å². The van der Waals surface area contributed by atoms with E-state index in [0.717, 1.165) is 0 Å². The molecule has 1 aromatic rings. The van der Waals surface area contributed by atoms with E-state index in [4.69, 9.17) is 0 Å². The monoisotopic (exact) mass is 197 g/mol. The Kier molecular flexibility index (Phi) is 2.90. The highest BCUT2D eigenvalue weighted by molar-refractivity contribution is 4.98. The molecule has 0 radical (unpaired) electrons. The van der Waals surface area contributed by atoms with Crippen molar-refractivity contribution in [1.82, 2.24) is 15.3 Å². The Morgan fingerprint density at radius 1 is 1.29 bits per heavy atom. The number of aromatic nitrogens is 2. The summed E-state index contributed by atoms with van der Waals surface area (Å²) in [6, 6.07) is 1.38. The molecule has 0 saturated carbocycles. The van der Waals surface area contributed by atoms with E-state index in [-0.39, 0.29) is 11.1 Å². The van der Waals surface area contributed by atoms with Crippen molar-refractivity contribution in [3.63, 3.8) is 0 Å². The Morgan fingerprint density at radius 3 is 2.43 bits per heavy atom. The molecule has 0 unspecified atom stereocenters. The van der Waals surface area contributed by atoms with Gasteiger partial charge in [0.15, 0.2) is 0 Å². The lowest BCUT2D eigenvalue weighted by molar-refractivity contribution is 0.420. The quantitative estimate of drug-likeness (QED) is 0.622. The third kappa shape index (κ3) is 3.57. The van der Waals surface area contributed by atoms with Gasteiger partial charge in [-0.25, -0.2) is 4.79 Å². The standard InChI is InChI=1S/C9H15N3O2/c1-9(2,3)10-5-6-4-7(13)12-8(14)11-6/h4,10H,5H2,1-3H3,(H2,11,12,13,14). The third-order valence-corrected chi connectivity index (χ3v) is 1.63. The van der Waals surface area contributed by atoms with Gasteiger partial charge in [0.25, 0.3) is 5.56 Å². The van der Waals surface area contributed by atoms with E-state index < -0.39 is 5.69 Å². The van der Waals surface area contributed by atoms with Crippen molar-refractivity contribution in [2.45, 2.75) is 32.9 Å². The minimum Gasteiger partial charge on any atom is -0.310 e. The van der Waals surface area contributed by atoms with E-state index in [2.05, 4.69) is 15.3 Å². The molecule has 1 rings (SSSR count). The Bertz CT molecular complexity index is 383. The molecule has 0 aliphatic heterocycles.